The van der Waals surface area contributed by atoms with Gasteiger partial charge in [0.15, 0.2) is 0 Å². The van der Waals surface area contributed by atoms with E-state index in [1.165, 1.54) is 0 Å². The van der Waals surface area contributed by atoms with Crippen molar-refractivity contribution in [1.82, 2.24) is 10.6 Å². The van der Waals surface area contributed by atoms with E-state index in [0.29, 0.717) is 19.4 Å². The van der Waals surface area contributed by atoms with Crippen LogP contribution in [-0.2, 0) is 16.0 Å². The molecule has 0 spiro atoms. The summed E-state index contributed by atoms with van der Waals surface area (Å²) >= 11 is 0. The smallest absolute Gasteiger partial charge is 0.242 e. The van der Waals surface area contributed by atoms with Gasteiger partial charge >= 0.3 is 0 Å². The summed E-state index contributed by atoms with van der Waals surface area (Å²) in [6.07, 6.45) is 2.03. The molecule has 0 aromatic heterocycles. The molecule has 2 rings (SSSR count). The second-order valence-corrected chi connectivity index (χ2v) is 4.79. The molecule has 2 amide bonds. The molecular weight excluding hydrogens is 242 g/mol. The predicted molar refractivity (Wildman–Crippen MR) is 72.3 cm³/mol. The zero-order valence-corrected chi connectivity index (χ0v) is 10.8. The molecule has 0 bridgehead atoms. The van der Waals surface area contributed by atoms with Gasteiger partial charge in [-0.05, 0) is 24.8 Å². The molecule has 1 aliphatic heterocycles. The summed E-state index contributed by atoms with van der Waals surface area (Å²) in [7, 11) is 0. The average molecular weight is 261 g/mol. The van der Waals surface area contributed by atoms with Crippen LogP contribution in [0.3, 0.4) is 0 Å². The standard InChI is InChI=1S/C14H19N3O2/c15-11(9-10-5-2-1-3-6-10)13(18)17-12-7-4-8-16-14(12)19/h1-3,5-6,11-12H,4,7-9,15H2,(H,16,19)(H,17,18)/t11-,12?/m0/s1. The van der Waals surface area contributed by atoms with Crippen molar-refractivity contribution in [1.29, 1.82) is 0 Å². The van der Waals surface area contributed by atoms with Gasteiger partial charge in [0.25, 0.3) is 0 Å². The number of carbonyl (C=O) groups excluding carboxylic acids is 2. The maximum absolute atomic E-state index is 11.9. The molecule has 0 radical (unpaired) electrons. The van der Waals surface area contributed by atoms with Crippen molar-refractivity contribution < 1.29 is 9.59 Å². The maximum atomic E-state index is 11.9. The van der Waals surface area contributed by atoms with Crippen molar-refractivity contribution in [3.8, 4) is 0 Å². The number of carbonyl (C=O) groups is 2. The molecule has 2 atom stereocenters. The molecule has 19 heavy (non-hydrogen) atoms. The monoisotopic (exact) mass is 261 g/mol. The van der Waals surface area contributed by atoms with Crippen LogP contribution in [0.4, 0.5) is 0 Å². The number of rotatable bonds is 4. The maximum Gasteiger partial charge on any atom is 0.242 e. The second-order valence-electron chi connectivity index (χ2n) is 4.79. The Balaban J connectivity index is 1.87. The highest BCUT2D eigenvalue weighted by atomic mass is 16.2. The van der Waals surface area contributed by atoms with Gasteiger partial charge in [-0.15, -0.1) is 0 Å². The van der Waals surface area contributed by atoms with Gasteiger partial charge in [-0.1, -0.05) is 30.3 Å². The van der Waals surface area contributed by atoms with Crippen molar-refractivity contribution in [2.75, 3.05) is 6.54 Å². The summed E-state index contributed by atoms with van der Waals surface area (Å²) in [6.45, 7) is 0.682. The quantitative estimate of drug-likeness (QED) is 0.710. The first-order valence-electron chi connectivity index (χ1n) is 6.54. The summed E-state index contributed by atoms with van der Waals surface area (Å²) in [4.78, 5) is 23.5. The minimum absolute atomic E-state index is 0.119. The van der Waals surface area contributed by atoms with Crippen LogP contribution in [0, 0.1) is 0 Å². The Morgan fingerprint density at radius 3 is 2.84 bits per heavy atom. The number of nitrogens with one attached hydrogen (secondary N) is 2. The van der Waals surface area contributed by atoms with Gasteiger partial charge in [0, 0.05) is 6.54 Å². The third-order valence-corrected chi connectivity index (χ3v) is 3.24. The Morgan fingerprint density at radius 2 is 2.16 bits per heavy atom. The van der Waals surface area contributed by atoms with Crippen LogP contribution in [0.25, 0.3) is 0 Å². The number of benzene rings is 1. The van der Waals surface area contributed by atoms with Crippen molar-refractivity contribution in [2.45, 2.75) is 31.3 Å². The predicted octanol–water partition coefficient (Wildman–Crippen LogP) is -0.0488. The minimum atomic E-state index is -0.628. The van der Waals surface area contributed by atoms with Crippen LogP contribution in [-0.4, -0.2) is 30.4 Å². The molecule has 4 N–H and O–H groups in total. The first-order valence-corrected chi connectivity index (χ1v) is 6.54. The molecule has 1 fully saturated rings. The van der Waals surface area contributed by atoms with Crippen LogP contribution >= 0.6 is 0 Å². The molecule has 1 unspecified atom stereocenters. The lowest BCUT2D eigenvalue weighted by Crippen LogP contribution is -2.54. The second kappa shape index (κ2) is 6.33. The van der Waals surface area contributed by atoms with Gasteiger partial charge in [-0.2, -0.15) is 0 Å². The largest absolute Gasteiger partial charge is 0.354 e. The van der Waals surface area contributed by atoms with Crippen molar-refractivity contribution >= 4 is 11.8 Å². The topological polar surface area (TPSA) is 84.2 Å². The van der Waals surface area contributed by atoms with E-state index >= 15 is 0 Å². The Kier molecular flexibility index (Phi) is 4.52. The fraction of sp³-hybridized carbons (Fsp3) is 0.429. The first kappa shape index (κ1) is 13.5. The van der Waals surface area contributed by atoms with Crippen molar-refractivity contribution in [2.24, 2.45) is 5.73 Å². The number of amides is 2. The molecule has 1 aromatic carbocycles. The minimum Gasteiger partial charge on any atom is -0.354 e. The van der Waals surface area contributed by atoms with Gasteiger partial charge in [0.1, 0.15) is 6.04 Å². The third kappa shape index (κ3) is 3.79. The molecule has 1 heterocycles. The van der Waals surface area contributed by atoms with Crippen molar-refractivity contribution in [3.05, 3.63) is 35.9 Å². The van der Waals surface area contributed by atoms with E-state index in [1.807, 2.05) is 30.3 Å². The fourth-order valence-corrected chi connectivity index (χ4v) is 2.15. The van der Waals surface area contributed by atoms with E-state index in [0.717, 1.165) is 12.0 Å². The zero-order valence-electron chi connectivity index (χ0n) is 10.8. The lowest BCUT2D eigenvalue weighted by Gasteiger charge is -2.24. The van der Waals surface area contributed by atoms with Crippen LogP contribution in [0.5, 0.6) is 0 Å². The Labute approximate surface area is 112 Å². The lowest BCUT2D eigenvalue weighted by atomic mass is 10.0. The van der Waals surface area contributed by atoms with E-state index in [-0.39, 0.29) is 11.8 Å². The molecule has 1 aromatic rings. The number of nitrogens with two attached hydrogens (primary N) is 1. The van der Waals surface area contributed by atoms with E-state index in [1.54, 1.807) is 0 Å². The van der Waals surface area contributed by atoms with Gasteiger partial charge in [0.05, 0.1) is 6.04 Å². The zero-order chi connectivity index (χ0) is 13.7. The molecule has 0 saturated carbocycles. The molecule has 0 aliphatic carbocycles. The highest BCUT2D eigenvalue weighted by Gasteiger charge is 2.25. The van der Waals surface area contributed by atoms with Gasteiger partial charge < -0.3 is 16.4 Å². The molecule has 5 heteroatoms. The average Bonchev–Trinajstić information content (AvgIpc) is 2.42. The highest BCUT2D eigenvalue weighted by Crippen LogP contribution is 2.05. The van der Waals surface area contributed by atoms with Crippen LogP contribution < -0.4 is 16.4 Å². The molecule has 5 nitrogen and oxygen atoms in total. The summed E-state index contributed by atoms with van der Waals surface area (Å²) in [5.74, 6) is -0.391. The van der Waals surface area contributed by atoms with Crippen LogP contribution in [0.1, 0.15) is 18.4 Å². The van der Waals surface area contributed by atoms with E-state index in [9.17, 15) is 9.59 Å². The summed E-state index contributed by atoms with van der Waals surface area (Å²) in [5, 5.41) is 5.44. The molecular formula is C14H19N3O2. The summed E-state index contributed by atoms with van der Waals surface area (Å²) in [6, 6.07) is 8.53. The SMILES string of the molecule is N[C@@H](Cc1ccccc1)C(=O)NC1CCCNC1=O. The van der Waals surface area contributed by atoms with Crippen LogP contribution in [0.2, 0.25) is 0 Å². The number of hydrogen-bond acceptors (Lipinski definition) is 3. The first-order chi connectivity index (χ1) is 9.16. The lowest BCUT2D eigenvalue weighted by molar-refractivity contribution is -0.130. The van der Waals surface area contributed by atoms with E-state index in [2.05, 4.69) is 10.6 Å². The fourth-order valence-electron chi connectivity index (χ4n) is 2.15. The molecule has 102 valence electrons. The normalized spacial score (nSPS) is 20.5. The highest BCUT2D eigenvalue weighted by molar-refractivity contribution is 5.90. The Bertz CT molecular complexity index is 447. The van der Waals surface area contributed by atoms with Gasteiger partial charge in [-0.3, -0.25) is 9.59 Å². The Hall–Kier alpha value is -1.88. The Morgan fingerprint density at radius 1 is 1.42 bits per heavy atom. The van der Waals surface area contributed by atoms with Gasteiger partial charge in [-0.25, -0.2) is 0 Å². The van der Waals surface area contributed by atoms with E-state index in [4.69, 9.17) is 5.73 Å². The van der Waals surface area contributed by atoms with Crippen molar-refractivity contribution in [3.63, 3.8) is 0 Å². The number of hydrogen-bond donors (Lipinski definition) is 3. The summed E-state index contributed by atoms with van der Waals surface area (Å²) < 4.78 is 0. The van der Waals surface area contributed by atoms with E-state index < -0.39 is 12.1 Å². The number of piperidine rings is 1. The van der Waals surface area contributed by atoms with Gasteiger partial charge in [0.2, 0.25) is 11.8 Å². The summed E-state index contributed by atoms with van der Waals surface area (Å²) in [5.41, 5.74) is 6.88. The molecule has 1 aliphatic rings. The third-order valence-electron chi connectivity index (χ3n) is 3.24. The van der Waals surface area contributed by atoms with Crippen LogP contribution in [0.15, 0.2) is 30.3 Å². The molecule has 1 saturated heterocycles.